The van der Waals surface area contributed by atoms with Gasteiger partial charge >= 0.3 is 5.97 Å². The molecule has 0 atom stereocenters. The molecule has 0 aromatic heterocycles. The monoisotopic (exact) mass is 275 g/mol. The average molecular weight is 275 g/mol. The van der Waals surface area contributed by atoms with Crippen molar-refractivity contribution in [3.63, 3.8) is 0 Å². The summed E-state index contributed by atoms with van der Waals surface area (Å²) >= 11 is 0. The van der Waals surface area contributed by atoms with E-state index in [1.807, 2.05) is 0 Å². The molecule has 0 fully saturated rings. The highest BCUT2D eigenvalue weighted by molar-refractivity contribution is 5.93. The molecule has 0 spiro atoms. The Bertz CT molecular complexity index is 572. The number of nitro benzene ring substituents is 1. The summed E-state index contributed by atoms with van der Waals surface area (Å²) in [5, 5.41) is 19.4. The number of anilines is 1. The van der Waals surface area contributed by atoms with E-state index in [2.05, 4.69) is 0 Å². The van der Waals surface area contributed by atoms with Gasteiger partial charge in [0.15, 0.2) is 5.57 Å². The third kappa shape index (κ3) is 3.81. The van der Waals surface area contributed by atoms with Crippen LogP contribution in [0.3, 0.4) is 0 Å². The topological polar surface area (TPSA) is 96.5 Å². The third-order valence-corrected chi connectivity index (χ3v) is 2.41. The zero-order valence-corrected chi connectivity index (χ0v) is 11.1. The lowest BCUT2D eigenvalue weighted by atomic mass is 10.2. The highest BCUT2D eigenvalue weighted by Gasteiger charge is 2.12. The molecule has 1 aromatic rings. The van der Waals surface area contributed by atoms with E-state index in [1.165, 1.54) is 35.4 Å². The maximum atomic E-state index is 11.5. The van der Waals surface area contributed by atoms with Gasteiger partial charge in [0.25, 0.3) is 5.69 Å². The molecule has 0 aliphatic heterocycles. The van der Waals surface area contributed by atoms with Gasteiger partial charge in [0.1, 0.15) is 6.07 Å². The quantitative estimate of drug-likeness (QED) is 0.268. The number of carbonyl (C=O) groups excluding carboxylic acids is 1. The number of non-ortho nitro benzene ring substituents is 1. The fourth-order valence-electron chi connectivity index (χ4n) is 1.41. The molecule has 7 heteroatoms. The molecule has 7 nitrogen and oxygen atoms in total. The molecule has 0 saturated heterocycles. The van der Waals surface area contributed by atoms with Crippen molar-refractivity contribution in [2.75, 3.05) is 18.6 Å². The highest BCUT2D eigenvalue weighted by Crippen LogP contribution is 2.19. The molecule has 0 unspecified atom stereocenters. The molecule has 0 saturated carbocycles. The van der Waals surface area contributed by atoms with Crippen LogP contribution in [0, 0.1) is 21.4 Å². The van der Waals surface area contributed by atoms with Crippen LogP contribution < -0.4 is 4.90 Å². The van der Waals surface area contributed by atoms with Gasteiger partial charge in [0.05, 0.1) is 11.5 Å². The van der Waals surface area contributed by atoms with Gasteiger partial charge in [-0.3, -0.25) is 10.1 Å². The minimum absolute atomic E-state index is 0.0305. The minimum Gasteiger partial charge on any atom is -0.462 e. The Morgan fingerprint density at radius 3 is 2.55 bits per heavy atom. The second-order valence-electron chi connectivity index (χ2n) is 3.76. The van der Waals surface area contributed by atoms with Crippen LogP contribution in [0.5, 0.6) is 0 Å². The first kappa shape index (κ1) is 15.2. The summed E-state index contributed by atoms with van der Waals surface area (Å²) in [6, 6.07) is 7.49. The summed E-state index contributed by atoms with van der Waals surface area (Å²) in [4.78, 5) is 23.0. The number of nitro groups is 1. The van der Waals surface area contributed by atoms with Crippen LogP contribution in [-0.4, -0.2) is 24.5 Å². The van der Waals surface area contributed by atoms with Crippen molar-refractivity contribution in [3.8, 4) is 6.07 Å². The van der Waals surface area contributed by atoms with E-state index < -0.39 is 10.9 Å². The Kier molecular flexibility index (Phi) is 5.23. The van der Waals surface area contributed by atoms with Gasteiger partial charge in [-0.15, -0.1) is 0 Å². The summed E-state index contributed by atoms with van der Waals surface area (Å²) in [5.41, 5.74) is 0.428. The van der Waals surface area contributed by atoms with Gasteiger partial charge in [-0.05, 0) is 19.1 Å². The summed E-state index contributed by atoms with van der Waals surface area (Å²) in [6.07, 6.45) is 1.32. The molecule has 0 aliphatic carbocycles. The van der Waals surface area contributed by atoms with E-state index >= 15 is 0 Å². The Balaban J connectivity index is 2.93. The summed E-state index contributed by atoms with van der Waals surface area (Å²) in [5.74, 6) is -0.705. The summed E-state index contributed by atoms with van der Waals surface area (Å²) < 4.78 is 4.74. The van der Waals surface area contributed by atoms with Crippen molar-refractivity contribution in [3.05, 3.63) is 46.2 Å². The number of hydrogen-bond acceptors (Lipinski definition) is 6. The van der Waals surface area contributed by atoms with Crippen LogP contribution in [0.2, 0.25) is 0 Å². The maximum Gasteiger partial charge on any atom is 0.350 e. The van der Waals surface area contributed by atoms with Gasteiger partial charge in [0, 0.05) is 31.1 Å². The zero-order valence-electron chi connectivity index (χ0n) is 11.1. The molecular formula is C13H13N3O4. The zero-order chi connectivity index (χ0) is 15.1. The number of ether oxygens (including phenoxy) is 1. The Labute approximate surface area is 115 Å². The van der Waals surface area contributed by atoms with E-state index in [0.717, 1.165) is 0 Å². The van der Waals surface area contributed by atoms with Crippen molar-refractivity contribution < 1.29 is 14.5 Å². The van der Waals surface area contributed by atoms with Crippen LogP contribution in [0.1, 0.15) is 6.92 Å². The van der Waals surface area contributed by atoms with Crippen molar-refractivity contribution in [1.29, 1.82) is 5.26 Å². The van der Waals surface area contributed by atoms with E-state index in [0.29, 0.717) is 5.69 Å². The van der Waals surface area contributed by atoms with Gasteiger partial charge < -0.3 is 9.64 Å². The second kappa shape index (κ2) is 6.89. The Morgan fingerprint density at radius 2 is 2.10 bits per heavy atom. The molecule has 0 heterocycles. The van der Waals surface area contributed by atoms with Crippen molar-refractivity contribution in [2.24, 2.45) is 0 Å². The predicted molar refractivity (Wildman–Crippen MR) is 71.8 cm³/mol. The molecule has 0 aliphatic rings. The highest BCUT2D eigenvalue weighted by atomic mass is 16.6. The van der Waals surface area contributed by atoms with E-state index in [4.69, 9.17) is 10.00 Å². The molecular weight excluding hydrogens is 262 g/mol. The van der Waals surface area contributed by atoms with Crippen LogP contribution in [-0.2, 0) is 9.53 Å². The largest absolute Gasteiger partial charge is 0.462 e. The normalized spacial score (nSPS) is 10.6. The molecule has 0 bridgehead atoms. The molecule has 0 radical (unpaired) electrons. The summed E-state index contributed by atoms with van der Waals surface area (Å²) in [7, 11) is 1.62. The fourth-order valence-corrected chi connectivity index (χ4v) is 1.41. The number of nitriles is 1. The van der Waals surface area contributed by atoms with Crippen LogP contribution >= 0.6 is 0 Å². The minimum atomic E-state index is -0.705. The summed E-state index contributed by atoms with van der Waals surface area (Å²) in [6.45, 7) is 1.83. The molecule has 1 aromatic carbocycles. The first-order chi connectivity index (χ1) is 9.49. The average Bonchev–Trinajstić information content (AvgIpc) is 2.44. The van der Waals surface area contributed by atoms with E-state index in [9.17, 15) is 14.9 Å². The van der Waals surface area contributed by atoms with Gasteiger partial charge in [-0.2, -0.15) is 5.26 Å². The maximum absolute atomic E-state index is 11.5. The van der Waals surface area contributed by atoms with E-state index in [-0.39, 0.29) is 17.9 Å². The number of esters is 1. The third-order valence-electron chi connectivity index (χ3n) is 2.41. The Morgan fingerprint density at radius 1 is 1.50 bits per heavy atom. The smallest absolute Gasteiger partial charge is 0.350 e. The Hall–Kier alpha value is -2.88. The number of nitrogens with zero attached hydrogens (tertiary/aromatic N) is 3. The SMILES string of the molecule is CCOC(=O)C(C#N)=CN(C)c1ccc([N+](=O)[O-])cc1. The molecule has 20 heavy (non-hydrogen) atoms. The molecule has 104 valence electrons. The van der Waals surface area contributed by atoms with E-state index in [1.54, 1.807) is 20.0 Å². The molecule has 0 amide bonds. The molecule has 1 rings (SSSR count). The van der Waals surface area contributed by atoms with Gasteiger partial charge in [-0.25, -0.2) is 4.79 Å². The second-order valence-corrected chi connectivity index (χ2v) is 3.76. The van der Waals surface area contributed by atoms with Crippen molar-refractivity contribution in [1.82, 2.24) is 0 Å². The molecule has 0 N–H and O–H groups in total. The number of rotatable bonds is 5. The fraction of sp³-hybridized carbons (Fsp3) is 0.231. The predicted octanol–water partition coefficient (Wildman–Crippen LogP) is 2.00. The van der Waals surface area contributed by atoms with Crippen LogP contribution in [0.15, 0.2) is 36.0 Å². The van der Waals surface area contributed by atoms with Crippen molar-refractivity contribution in [2.45, 2.75) is 6.92 Å². The number of hydrogen-bond donors (Lipinski definition) is 0. The number of benzene rings is 1. The van der Waals surface area contributed by atoms with Crippen LogP contribution in [0.4, 0.5) is 11.4 Å². The standard InChI is InChI=1S/C13H13N3O4/c1-3-20-13(17)10(8-14)9-15(2)11-4-6-12(7-5-11)16(18)19/h4-7,9H,3H2,1-2H3. The lowest BCUT2D eigenvalue weighted by Gasteiger charge is -2.14. The van der Waals surface area contributed by atoms with Gasteiger partial charge in [-0.1, -0.05) is 0 Å². The first-order valence-electron chi connectivity index (χ1n) is 5.76. The lowest BCUT2D eigenvalue weighted by molar-refractivity contribution is -0.384. The number of carbonyl (C=O) groups is 1. The van der Waals surface area contributed by atoms with Gasteiger partial charge in [0.2, 0.25) is 0 Å². The first-order valence-corrected chi connectivity index (χ1v) is 5.76. The van der Waals surface area contributed by atoms with Crippen molar-refractivity contribution >= 4 is 17.3 Å². The lowest BCUT2D eigenvalue weighted by Crippen LogP contribution is -2.14. The van der Waals surface area contributed by atoms with Crippen LogP contribution in [0.25, 0.3) is 0 Å².